The molecule has 276 valence electrons. The van der Waals surface area contributed by atoms with Crippen molar-refractivity contribution < 1.29 is 35.9 Å². The van der Waals surface area contributed by atoms with Crippen molar-refractivity contribution >= 4 is 45.0 Å². The second-order valence-corrected chi connectivity index (χ2v) is 16.0. The Kier molecular flexibility index (Phi) is 10.5. The molecule has 3 aromatic carbocycles. The Morgan fingerprint density at radius 1 is 0.981 bits per heavy atom. The van der Waals surface area contributed by atoms with Crippen LogP contribution in [0.25, 0.3) is 33.0 Å². The van der Waals surface area contributed by atoms with Gasteiger partial charge in [-0.3, -0.25) is 14.8 Å². The summed E-state index contributed by atoms with van der Waals surface area (Å²) < 4.78 is 78.0. The molecule has 1 unspecified atom stereocenters. The Bertz CT molecular complexity index is 2300. The number of halogens is 3. The number of sulfonamides is 1. The lowest BCUT2D eigenvalue weighted by molar-refractivity contribution is -0.114. The number of ether oxygens (including phenoxy) is 1. The van der Waals surface area contributed by atoms with E-state index in [1.807, 2.05) is 0 Å². The monoisotopic (exact) mass is 764 g/mol. The van der Waals surface area contributed by atoms with Crippen molar-refractivity contribution in [2.24, 2.45) is 0 Å². The maximum absolute atomic E-state index is 16.7. The van der Waals surface area contributed by atoms with Crippen LogP contribution in [-0.4, -0.2) is 59.0 Å². The van der Waals surface area contributed by atoms with Crippen LogP contribution >= 0.6 is 11.3 Å². The maximum atomic E-state index is 16.7. The summed E-state index contributed by atoms with van der Waals surface area (Å²) in [6.45, 7) is 7.63. The van der Waals surface area contributed by atoms with Gasteiger partial charge in [-0.25, -0.2) is 41.3 Å². The quantitative estimate of drug-likeness (QED) is 0.161. The number of hydrogen-bond acceptors (Lipinski definition) is 9. The van der Waals surface area contributed by atoms with E-state index in [-0.39, 0.29) is 34.6 Å². The van der Waals surface area contributed by atoms with E-state index < -0.39 is 44.1 Å². The summed E-state index contributed by atoms with van der Waals surface area (Å²) in [6, 6.07) is 14.3. The molecule has 16 heteroatoms. The number of anilines is 2. The number of carbonyl (C=O) groups is 2. The van der Waals surface area contributed by atoms with Crippen molar-refractivity contribution in [1.82, 2.24) is 19.9 Å². The molecular weight excluding hydrogens is 730 g/mol. The molecule has 1 aliphatic heterocycles. The van der Waals surface area contributed by atoms with Crippen molar-refractivity contribution in [2.75, 3.05) is 23.1 Å². The number of carbonyl (C=O) groups excluding carboxylic acids is 2. The lowest BCUT2D eigenvalue weighted by Gasteiger charge is -2.33. The number of nitrogens with zero attached hydrogens (tertiary/aromatic N) is 4. The zero-order valence-corrected chi connectivity index (χ0v) is 30.7. The highest BCUT2D eigenvalue weighted by molar-refractivity contribution is 7.92. The van der Waals surface area contributed by atoms with Crippen molar-refractivity contribution in [3.05, 3.63) is 95.4 Å². The Balaban J connectivity index is 1.35. The Hall–Kier alpha value is -5.35. The first kappa shape index (κ1) is 37.4. The second kappa shape index (κ2) is 14.9. The second-order valence-electron chi connectivity index (χ2n) is 13.4. The molecule has 11 nitrogen and oxygen atoms in total. The molecule has 0 saturated carbocycles. The first-order valence-electron chi connectivity index (χ1n) is 16.5. The van der Waals surface area contributed by atoms with E-state index >= 15 is 4.39 Å². The average Bonchev–Trinajstić information content (AvgIpc) is 3.54. The first-order chi connectivity index (χ1) is 25.1. The van der Waals surface area contributed by atoms with Crippen LogP contribution in [0.3, 0.4) is 0 Å². The van der Waals surface area contributed by atoms with Gasteiger partial charge in [0.05, 0.1) is 21.3 Å². The Morgan fingerprint density at radius 3 is 2.43 bits per heavy atom. The van der Waals surface area contributed by atoms with E-state index in [1.165, 1.54) is 48.7 Å². The number of aromatic nitrogens is 3. The molecule has 2 aromatic heterocycles. The van der Waals surface area contributed by atoms with E-state index in [9.17, 15) is 26.8 Å². The standard InChI is InChI=1S/C37H35F3N6O5S2/c1-21(47)42-35-41-17-16-29(43-35)33-32(44-34(52-33)23-7-6-18-46(20-23)36(48)51-37(2,3)4)27-9-5-8-26(31(27)40)22-10-13-25(14-11-22)45-53(49,50)30-19-24(38)12-15-28(30)39/h5,8-17,19,23,45H,6-7,18,20H2,1-4H3,(H,41,42,43,47). The molecule has 5 aromatic rings. The van der Waals surface area contributed by atoms with Gasteiger partial charge in [-0.1, -0.05) is 24.3 Å². The van der Waals surface area contributed by atoms with Gasteiger partial charge in [0.2, 0.25) is 11.9 Å². The highest BCUT2D eigenvalue weighted by Gasteiger charge is 2.32. The van der Waals surface area contributed by atoms with Crippen LogP contribution in [0.1, 0.15) is 51.5 Å². The van der Waals surface area contributed by atoms with Crippen LogP contribution in [0, 0.1) is 17.5 Å². The summed E-state index contributed by atoms with van der Waals surface area (Å²) in [5.74, 6) is -3.12. The summed E-state index contributed by atoms with van der Waals surface area (Å²) in [4.78, 5) is 39.6. The number of hydrogen-bond donors (Lipinski definition) is 2. The average molecular weight is 765 g/mol. The Morgan fingerprint density at radius 2 is 1.72 bits per heavy atom. The number of thiazole rings is 1. The minimum absolute atomic E-state index is 0.0482. The molecule has 6 rings (SSSR count). The van der Waals surface area contributed by atoms with Gasteiger partial charge in [0, 0.05) is 48.9 Å². The summed E-state index contributed by atoms with van der Waals surface area (Å²) in [5.41, 5.74) is 0.827. The number of nitrogens with one attached hydrogen (secondary N) is 2. The van der Waals surface area contributed by atoms with E-state index in [0.717, 1.165) is 18.6 Å². The molecule has 1 fully saturated rings. The molecule has 0 spiro atoms. The highest BCUT2D eigenvalue weighted by atomic mass is 32.2. The lowest BCUT2D eigenvalue weighted by Crippen LogP contribution is -2.42. The number of piperidine rings is 1. The van der Waals surface area contributed by atoms with Crippen molar-refractivity contribution in [1.29, 1.82) is 0 Å². The lowest BCUT2D eigenvalue weighted by atomic mass is 9.98. The molecule has 1 saturated heterocycles. The van der Waals surface area contributed by atoms with E-state index in [2.05, 4.69) is 20.0 Å². The van der Waals surface area contributed by atoms with Gasteiger partial charge in [-0.05, 0) is 81.6 Å². The van der Waals surface area contributed by atoms with Gasteiger partial charge in [0.1, 0.15) is 27.9 Å². The third-order valence-corrected chi connectivity index (χ3v) is 10.8. The number of benzene rings is 3. The minimum Gasteiger partial charge on any atom is -0.444 e. The van der Waals surface area contributed by atoms with Crippen LogP contribution in [-0.2, 0) is 19.6 Å². The molecule has 2 N–H and O–H groups in total. The summed E-state index contributed by atoms with van der Waals surface area (Å²) in [6.07, 6.45) is 2.50. The van der Waals surface area contributed by atoms with Crippen LogP contribution in [0.5, 0.6) is 0 Å². The zero-order valence-electron chi connectivity index (χ0n) is 29.1. The van der Waals surface area contributed by atoms with Crippen molar-refractivity contribution in [3.8, 4) is 33.0 Å². The largest absolute Gasteiger partial charge is 0.444 e. The van der Waals surface area contributed by atoms with Crippen molar-refractivity contribution in [2.45, 2.75) is 57.0 Å². The molecule has 2 amide bonds. The smallest absolute Gasteiger partial charge is 0.410 e. The first-order valence-corrected chi connectivity index (χ1v) is 18.8. The normalized spacial score (nSPS) is 14.8. The SMILES string of the molecule is CC(=O)Nc1nccc(-c2sc(C3CCCN(C(=O)OC(C)(C)C)C3)nc2-c2cccc(-c3ccc(NS(=O)(=O)c4cc(F)ccc4F)cc3)c2F)n1. The third kappa shape index (κ3) is 8.66. The van der Waals surface area contributed by atoms with E-state index in [1.54, 1.807) is 49.9 Å². The Labute approximate surface area is 308 Å². The molecule has 0 radical (unpaired) electrons. The predicted molar refractivity (Wildman–Crippen MR) is 195 cm³/mol. The molecule has 3 heterocycles. The molecule has 0 aliphatic carbocycles. The van der Waals surface area contributed by atoms with Gasteiger partial charge in [0.15, 0.2) is 0 Å². The molecule has 53 heavy (non-hydrogen) atoms. The summed E-state index contributed by atoms with van der Waals surface area (Å²) >= 11 is 1.31. The summed E-state index contributed by atoms with van der Waals surface area (Å²) in [5, 5.41) is 3.23. The fraction of sp³-hybridized carbons (Fsp3) is 0.270. The highest BCUT2D eigenvalue weighted by Crippen LogP contribution is 2.43. The number of likely N-dealkylation sites (tertiary alicyclic amines) is 1. The number of amides is 2. The third-order valence-electron chi connectivity index (χ3n) is 8.13. The number of rotatable bonds is 8. The van der Waals surface area contributed by atoms with Gasteiger partial charge >= 0.3 is 6.09 Å². The van der Waals surface area contributed by atoms with E-state index in [0.29, 0.717) is 52.4 Å². The fourth-order valence-corrected chi connectivity index (χ4v) is 8.11. The van der Waals surface area contributed by atoms with Gasteiger partial charge in [-0.15, -0.1) is 11.3 Å². The molecule has 1 atom stereocenters. The van der Waals surface area contributed by atoms with E-state index in [4.69, 9.17) is 9.72 Å². The molecular formula is C37H35F3N6O5S2. The summed E-state index contributed by atoms with van der Waals surface area (Å²) in [7, 11) is -4.47. The molecule has 0 bridgehead atoms. The van der Waals surface area contributed by atoms with Crippen molar-refractivity contribution in [3.63, 3.8) is 0 Å². The fourth-order valence-electron chi connectivity index (χ4n) is 5.79. The van der Waals surface area contributed by atoms with Crippen LogP contribution in [0.15, 0.2) is 77.8 Å². The van der Waals surface area contributed by atoms with Gasteiger partial charge in [0.25, 0.3) is 10.0 Å². The van der Waals surface area contributed by atoms with Crippen LogP contribution in [0.4, 0.5) is 29.6 Å². The van der Waals surface area contributed by atoms with Crippen LogP contribution in [0.2, 0.25) is 0 Å². The topological polar surface area (TPSA) is 143 Å². The van der Waals surface area contributed by atoms with Crippen LogP contribution < -0.4 is 10.0 Å². The molecule has 1 aliphatic rings. The van der Waals surface area contributed by atoms with Gasteiger partial charge in [-0.2, -0.15) is 0 Å². The zero-order chi connectivity index (χ0) is 38.1. The maximum Gasteiger partial charge on any atom is 0.410 e. The predicted octanol–water partition coefficient (Wildman–Crippen LogP) is 8.23. The minimum atomic E-state index is -4.47. The van der Waals surface area contributed by atoms with Gasteiger partial charge < -0.3 is 9.64 Å².